The lowest BCUT2D eigenvalue weighted by Crippen LogP contribution is -2.64. The minimum Gasteiger partial charge on any atom is -0.504 e. The van der Waals surface area contributed by atoms with Gasteiger partial charge in [-0.15, -0.1) is 0 Å². The van der Waals surface area contributed by atoms with Crippen molar-refractivity contribution in [2.24, 2.45) is 17.6 Å². The van der Waals surface area contributed by atoms with E-state index in [9.17, 15) is 19.8 Å². The van der Waals surface area contributed by atoms with Crippen LogP contribution >= 0.6 is 0 Å². The van der Waals surface area contributed by atoms with Gasteiger partial charge in [-0.25, -0.2) is 4.79 Å². The van der Waals surface area contributed by atoms with Gasteiger partial charge in [-0.1, -0.05) is 31.7 Å². The van der Waals surface area contributed by atoms with E-state index in [-0.39, 0.29) is 35.7 Å². The highest BCUT2D eigenvalue weighted by Gasteiger charge is 2.50. The van der Waals surface area contributed by atoms with Crippen molar-refractivity contribution in [2.75, 3.05) is 7.11 Å². The largest absolute Gasteiger partial charge is 0.504 e. The number of rotatable bonds is 7. The molecule has 160 valence electrons. The summed E-state index contributed by atoms with van der Waals surface area (Å²) in [4.78, 5) is 25.8. The fourth-order valence-corrected chi connectivity index (χ4v) is 5.06. The van der Waals surface area contributed by atoms with Crippen LogP contribution in [-0.4, -0.2) is 40.8 Å². The number of phenolic OH excluding ortho intramolecular Hbond substituents is 2. The van der Waals surface area contributed by atoms with Crippen LogP contribution in [0, 0.1) is 11.8 Å². The van der Waals surface area contributed by atoms with Crippen molar-refractivity contribution >= 4 is 11.9 Å². The van der Waals surface area contributed by atoms with Gasteiger partial charge in [0.15, 0.2) is 11.5 Å². The topological polar surface area (TPSA) is 122 Å². The Labute approximate surface area is 171 Å². The maximum absolute atomic E-state index is 13.4. The quantitative estimate of drug-likeness (QED) is 0.409. The lowest BCUT2D eigenvalue weighted by Gasteiger charge is -2.40. The van der Waals surface area contributed by atoms with E-state index in [1.54, 1.807) is 6.07 Å². The molecule has 0 radical (unpaired) electrons. The van der Waals surface area contributed by atoms with Crippen molar-refractivity contribution in [3.63, 3.8) is 0 Å². The third-order valence-electron chi connectivity index (χ3n) is 6.73. The fraction of sp³-hybridized carbons (Fsp3) is 0.636. The molecule has 1 aromatic rings. The maximum Gasteiger partial charge on any atom is 0.328 e. The van der Waals surface area contributed by atoms with E-state index in [0.717, 1.165) is 51.4 Å². The zero-order valence-electron chi connectivity index (χ0n) is 17.0. The Hall–Kier alpha value is -2.28. The van der Waals surface area contributed by atoms with E-state index in [1.165, 1.54) is 19.2 Å². The standard InChI is InChI=1S/C22H32N2O5/c1-29-20(27)17(12-14-10-11-18(25)19(26)13-14)24-21(28)22(23,15-6-2-3-7-15)16-8-4-5-9-16/h10-11,13,15-17,25-26H,2-9,12,23H2,1H3,(H,24,28)/t17-/m0/s1. The molecule has 1 aromatic carbocycles. The average molecular weight is 405 g/mol. The Morgan fingerprint density at radius 3 is 2.14 bits per heavy atom. The highest BCUT2D eigenvalue weighted by atomic mass is 16.5. The predicted octanol–water partition coefficient (Wildman–Crippen LogP) is 2.38. The van der Waals surface area contributed by atoms with Gasteiger partial charge in [-0.2, -0.15) is 0 Å². The highest BCUT2D eigenvalue weighted by molar-refractivity contribution is 5.91. The average Bonchev–Trinajstić information content (AvgIpc) is 3.43. The number of aromatic hydroxyl groups is 2. The molecule has 7 nitrogen and oxygen atoms in total. The molecule has 2 aliphatic carbocycles. The number of nitrogens with one attached hydrogen (secondary N) is 1. The molecule has 0 unspecified atom stereocenters. The maximum atomic E-state index is 13.4. The summed E-state index contributed by atoms with van der Waals surface area (Å²) in [5.41, 5.74) is 6.46. The molecule has 0 saturated heterocycles. The first-order valence-electron chi connectivity index (χ1n) is 10.5. The van der Waals surface area contributed by atoms with Gasteiger partial charge in [0.25, 0.3) is 0 Å². The van der Waals surface area contributed by atoms with Gasteiger partial charge in [0.05, 0.1) is 7.11 Å². The van der Waals surface area contributed by atoms with Gasteiger partial charge < -0.3 is 26.0 Å². The number of nitrogens with two attached hydrogens (primary N) is 1. The van der Waals surface area contributed by atoms with E-state index in [4.69, 9.17) is 10.5 Å². The van der Waals surface area contributed by atoms with Crippen molar-refractivity contribution in [1.82, 2.24) is 5.32 Å². The second-order valence-corrected chi connectivity index (χ2v) is 8.47. The van der Waals surface area contributed by atoms with Crippen LogP contribution in [0.5, 0.6) is 11.5 Å². The molecular formula is C22H32N2O5. The molecule has 2 saturated carbocycles. The van der Waals surface area contributed by atoms with Crippen LogP contribution in [0.25, 0.3) is 0 Å². The van der Waals surface area contributed by atoms with Crippen LogP contribution in [0.1, 0.15) is 56.9 Å². The van der Waals surface area contributed by atoms with Crippen molar-refractivity contribution in [2.45, 2.75) is 69.4 Å². The summed E-state index contributed by atoms with van der Waals surface area (Å²) >= 11 is 0. The minimum atomic E-state index is -0.976. The molecule has 7 heteroatoms. The number of carbonyl (C=O) groups excluding carboxylic acids is 2. The number of benzene rings is 1. The summed E-state index contributed by atoms with van der Waals surface area (Å²) in [6, 6.07) is 3.41. The monoisotopic (exact) mass is 404 g/mol. The molecule has 0 heterocycles. The number of methoxy groups -OCH3 is 1. The SMILES string of the molecule is COC(=O)[C@H](Cc1ccc(O)c(O)c1)NC(=O)C(N)(C1CCCC1)C1CCCC1. The Kier molecular flexibility index (Phi) is 6.67. The van der Waals surface area contributed by atoms with Gasteiger partial charge in [-0.05, 0) is 55.2 Å². The number of esters is 1. The Morgan fingerprint density at radius 2 is 1.66 bits per heavy atom. The highest BCUT2D eigenvalue weighted by Crippen LogP contribution is 2.43. The van der Waals surface area contributed by atoms with Gasteiger partial charge >= 0.3 is 5.97 Å². The van der Waals surface area contributed by atoms with Crippen molar-refractivity contribution in [3.8, 4) is 11.5 Å². The fourth-order valence-electron chi connectivity index (χ4n) is 5.06. The van der Waals surface area contributed by atoms with E-state index in [0.29, 0.717) is 5.56 Å². The summed E-state index contributed by atoms with van der Waals surface area (Å²) in [5.74, 6) is -1.11. The van der Waals surface area contributed by atoms with E-state index >= 15 is 0 Å². The predicted molar refractivity (Wildman–Crippen MR) is 108 cm³/mol. The second-order valence-electron chi connectivity index (χ2n) is 8.47. The lowest BCUT2D eigenvalue weighted by atomic mass is 9.72. The Morgan fingerprint density at radius 1 is 1.10 bits per heavy atom. The molecule has 3 rings (SSSR count). The number of phenols is 2. The summed E-state index contributed by atoms with van der Waals surface area (Å²) < 4.78 is 4.90. The molecule has 5 N–H and O–H groups in total. The number of amides is 1. The summed E-state index contributed by atoms with van der Waals surface area (Å²) in [7, 11) is 1.28. The van der Waals surface area contributed by atoms with Crippen LogP contribution in [0.4, 0.5) is 0 Å². The third-order valence-corrected chi connectivity index (χ3v) is 6.73. The molecule has 1 amide bonds. The molecule has 2 aliphatic rings. The molecule has 0 bridgehead atoms. The zero-order valence-corrected chi connectivity index (χ0v) is 17.0. The summed E-state index contributed by atoms with van der Waals surface area (Å²) in [5, 5.41) is 22.1. The first-order chi connectivity index (χ1) is 13.9. The molecular weight excluding hydrogens is 372 g/mol. The van der Waals surface area contributed by atoms with Crippen molar-refractivity contribution < 1.29 is 24.5 Å². The molecule has 1 atom stereocenters. The molecule has 0 spiro atoms. The first-order valence-corrected chi connectivity index (χ1v) is 10.5. The zero-order chi connectivity index (χ0) is 21.0. The lowest BCUT2D eigenvalue weighted by molar-refractivity contribution is -0.146. The van der Waals surface area contributed by atoms with Gasteiger partial charge in [-0.3, -0.25) is 4.79 Å². The van der Waals surface area contributed by atoms with Crippen LogP contribution in [0.15, 0.2) is 18.2 Å². The van der Waals surface area contributed by atoms with E-state index < -0.39 is 17.6 Å². The normalized spacial score (nSPS) is 19.2. The molecule has 0 aromatic heterocycles. The molecule has 2 fully saturated rings. The van der Waals surface area contributed by atoms with E-state index in [1.807, 2.05) is 0 Å². The molecule has 29 heavy (non-hydrogen) atoms. The summed E-state index contributed by atoms with van der Waals surface area (Å²) in [6.45, 7) is 0. The summed E-state index contributed by atoms with van der Waals surface area (Å²) in [6.07, 6.45) is 8.22. The van der Waals surface area contributed by atoms with Crippen LogP contribution in [0.2, 0.25) is 0 Å². The van der Waals surface area contributed by atoms with Gasteiger partial charge in [0, 0.05) is 6.42 Å². The second kappa shape index (κ2) is 9.03. The Bertz CT molecular complexity index is 723. The number of ether oxygens (including phenoxy) is 1. The number of hydrogen-bond acceptors (Lipinski definition) is 6. The van der Waals surface area contributed by atoms with Gasteiger partial charge in [0.1, 0.15) is 11.6 Å². The first kappa shape index (κ1) is 21.4. The van der Waals surface area contributed by atoms with Crippen LogP contribution in [-0.2, 0) is 20.7 Å². The van der Waals surface area contributed by atoms with Crippen LogP contribution in [0.3, 0.4) is 0 Å². The smallest absolute Gasteiger partial charge is 0.328 e. The van der Waals surface area contributed by atoms with Crippen molar-refractivity contribution in [3.05, 3.63) is 23.8 Å². The van der Waals surface area contributed by atoms with E-state index in [2.05, 4.69) is 5.32 Å². The molecule has 0 aliphatic heterocycles. The Balaban J connectivity index is 1.81. The number of hydrogen-bond donors (Lipinski definition) is 4. The van der Waals surface area contributed by atoms with Crippen LogP contribution < -0.4 is 11.1 Å². The minimum absolute atomic E-state index is 0.126. The van der Waals surface area contributed by atoms with Gasteiger partial charge in [0.2, 0.25) is 5.91 Å². The van der Waals surface area contributed by atoms with Crippen molar-refractivity contribution in [1.29, 1.82) is 0 Å². The number of carbonyl (C=O) groups is 2. The third kappa shape index (κ3) is 4.50.